The molecule has 1 amide bonds. The molecule has 0 unspecified atom stereocenters. The van der Waals surface area contributed by atoms with Gasteiger partial charge in [-0.3, -0.25) is 9.78 Å². The number of nitrogens with one attached hydrogen (secondary N) is 1. The number of benzene rings is 1. The van der Waals surface area contributed by atoms with E-state index in [1.165, 1.54) is 11.3 Å². The molecule has 0 radical (unpaired) electrons. The fraction of sp³-hybridized carbons (Fsp3) is 0.211. The molecule has 2 aromatic heterocycles. The topological polar surface area (TPSA) is 64.1 Å². The lowest BCUT2D eigenvalue weighted by atomic mass is 10.1. The summed E-state index contributed by atoms with van der Waals surface area (Å²) in [5.41, 5.74) is 3.61. The van der Waals surface area contributed by atoms with Gasteiger partial charge in [-0.15, -0.1) is 11.3 Å². The Morgan fingerprint density at radius 1 is 1.16 bits per heavy atom. The highest BCUT2D eigenvalue weighted by Gasteiger charge is 2.16. The molecule has 5 nitrogen and oxygen atoms in total. The molecule has 0 aliphatic heterocycles. The first-order chi connectivity index (χ1) is 12.2. The van der Waals surface area contributed by atoms with Crippen molar-refractivity contribution in [3.63, 3.8) is 0 Å². The Balaban J connectivity index is 1.73. The third kappa shape index (κ3) is 4.10. The number of hydrogen-bond donors (Lipinski definition) is 1. The largest absolute Gasteiger partial charge is 0.380 e. The first-order valence-corrected chi connectivity index (χ1v) is 8.73. The molecule has 128 valence electrons. The van der Waals surface area contributed by atoms with Crippen LogP contribution >= 0.6 is 11.3 Å². The third-order valence-electron chi connectivity index (χ3n) is 3.74. The Bertz CT molecular complexity index is 862. The SMILES string of the molecule is COCc1ccccc1CNC(=O)c1sc(-c2ccccn2)nc1C. The highest BCUT2D eigenvalue weighted by Crippen LogP contribution is 2.26. The molecular formula is C19H19N3O2S. The monoisotopic (exact) mass is 353 g/mol. The fourth-order valence-corrected chi connectivity index (χ4v) is 3.45. The Morgan fingerprint density at radius 2 is 1.92 bits per heavy atom. The number of hydrogen-bond acceptors (Lipinski definition) is 5. The summed E-state index contributed by atoms with van der Waals surface area (Å²) in [4.78, 5) is 21.9. The molecule has 0 aliphatic carbocycles. The lowest BCUT2D eigenvalue weighted by molar-refractivity contribution is 0.0953. The van der Waals surface area contributed by atoms with E-state index in [1.807, 2.05) is 49.4 Å². The number of carbonyl (C=O) groups excluding carboxylic acids is 1. The number of pyridine rings is 1. The molecule has 3 aromatic rings. The van der Waals surface area contributed by atoms with E-state index < -0.39 is 0 Å². The van der Waals surface area contributed by atoms with Crippen LogP contribution in [0.15, 0.2) is 48.7 Å². The van der Waals surface area contributed by atoms with Crippen LogP contribution in [0.2, 0.25) is 0 Å². The molecule has 0 aliphatic rings. The number of amides is 1. The van der Waals surface area contributed by atoms with E-state index in [4.69, 9.17) is 4.74 Å². The number of thiazole rings is 1. The Hall–Kier alpha value is -2.57. The van der Waals surface area contributed by atoms with Gasteiger partial charge in [0, 0.05) is 19.9 Å². The van der Waals surface area contributed by atoms with Crippen molar-refractivity contribution in [2.24, 2.45) is 0 Å². The number of methoxy groups -OCH3 is 1. The number of ether oxygens (including phenoxy) is 1. The van der Waals surface area contributed by atoms with Crippen molar-refractivity contribution >= 4 is 17.2 Å². The number of aryl methyl sites for hydroxylation is 1. The second kappa shape index (κ2) is 8.00. The molecule has 0 atom stereocenters. The molecule has 25 heavy (non-hydrogen) atoms. The van der Waals surface area contributed by atoms with Crippen LogP contribution in [-0.4, -0.2) is 23.0 Å². The first kappa shape index (κ1) is 17.3. The lowest BCUT2D eigenvalue weighted by Crippen LogP contribution is -2.23. The maximum Gasteiger partial charge on any atom is 0.263 e. The minimum atomic E-state index is -0.121. The summed E-state index contributed by atoms with van der Waals surface area (Å²) in [6, 6.07) is 13.6. The van der Waals surface area contributed by atoms with Gasteiger partial charge in [0.2, 0.25) is 0 Å². The summed E-state index contributed by atoms with van der Waals surface area (Å²) in [6.07, 6.45) is 1.72. The molecule has 1 N–H and O–H groups in total. The summed E-state index contributed by atoms with van der Waals surface area (Å²) < 4.78 is 5.20. The standard InChI is InChI=1S/C19H19N3O2S/c1-13-17(25-19(22-13)16-9-5-6-10-20-16)18(23)21-11-14-7-3-4-8-15(14)12-24-2/h3-10H,11-12H2,1-2H3,(H,21,23). The van der Waals surface area contributed by atoms with E-state index >= 15 is 0 Å². The summed E-state index contributed by atoms with van der Waals surface area (Å²) >= 11 is 1.36. The number of aromatic nitrogens is 2. The van der Waals surface area contributed by atoms with Gasteiger partial charge in [0.05, 0.1) is 18.0 Å². The number of rotatable bonds is 6. The third-order valence-corrected chi connectivity index (χ3v) is 4.92. The molecule has 0 saturated heterocycles. The summed E-state index contributed by atoms with van der Waals surface area (Å²) in [5.74, 6) is -0.121. The van der Waals surface area contributed by atoms with E-state index in [2.05, 4.69) is 15.3 Å². The van der Waals surface area contributed by atoms with Gasteiger partial charge in [0.1, 0.15) is 9.88 Å². The average Bonchev–Trinajstić information content (AvgIpc) is 3.04. The van der Waals surface area contributed by atoms with E-state index in [9.17, 15) is 4.79 Å². The van der Waals surface area contributed by atoms with Crippen molar-refractivity contribution in [1.29, 1.82) is 0 Å². The first-order valence-electron chi connectivity index (χ1n) is 7.92. The van der Waals surface area contributed by atoms with Crippen molar-refractivity contribution in [2.75, 3.05) is 7.11 Å². The average molecular weight is 353 g/mol. The van der Waals surface area contributed by atoms with Gasteiger partial charge in [0.15, 0.2) is 0 Å². The van der Waals surface area contributed by atoms with Crippen LogP contribution < -0.4 is 5.32 Å². The molecule has 6 heteroatoms. The molecule has 0 saturated carbocycles. The molecule has 3 rings (SSSR count). The second-order valence-corrected chi connectivity index (χ2v) is 6.53. The van der Waals surface area contributed by atoms with Crippen molar-refractivity contribution in [3.8, 4) is 10.7 Å². The van der Waals surface area contributed by atoms with Crippen molar-refractivity contribution in [3.05, 3.63) is 70.4 Å². The molecule has 1 aromatic carbocycles. The zero-order chi connectivity index (χ0) is 17.6. The zero-order valence-corrected chi connectivity index (χ0v) is 15.0. The predicted molar refractivity (Wildman–Crippen MR) is 98.4 cm³/mol. The Morgan fingerprint density at radius 3 is 2.64 bits per heavy atom. The highest BCUT2D eigenvalue weighted by atomic mass is 32.1. The van der Waals surface area contributed by atoms with E-state index in [0.29, 0.717) is 23.7 Å². The van der Waals surface area contributed by atoms with Crippen LogP contribution in [0.4, 0.5) is 0 Å². The van der Waals surface area contributed by atoms with Crippen LogP contribution in [0.25, 0.3) is 10.7 Å². The van der Waals surface area contributed by atoms with Crippen molar-refractivity contribution < 1.29 is 9.53 Å². The second-order valence-electron chi connectivity index (χ2n) is 5.53. The summed E-state index contributed by atoms with van der Waals surface area (Å²) in [6.45, 7) is 2.82. The smallest absolute Gasteiger partial charge is 0.263 e. The van der Waals surface area contributed by atoms with Gasteiger partial charge in [-0.25, -0.2) is 4.98 Å². The normalized spacial score (nSPS) is 10.6. The number of carbonyl (C=O) groups is 1. The van der Waals surface area contributed by atoms with E-state index in [1.54, 1.807) is 13.3 Å². The van der Waals surface area contributed by atoms with Gasteiger partial charge in [-0.05, 0) is 30.2 Å². The summed E-state index contributed by atoms with van der Waals surface area (Å²) in [5, 5.41) is 3.73. The van der Waals surface area contributed by atoms with Gasteiger partial charge in [-0.1, -0.05) is 30.3 Å². The predicted octanol–water partition coefficient (Wildman–Crippen LogP) is 3.59. The number of nitrogens with zero attached hydrogens (tertiary/aromatic N) is 2. The lowest BCUT2D eigenvalue weighted by Gasteiger charge is -2.09. The summed E-state index contributed by atoms with van der Waals surface area (Å²) in [7, 11) is 1.66. The zero-order valence-electron chi connectivity index (χ0n) is 14.2. The van der Waals surface area contributed by atoms with Gasteiger partial charge in [0.25, 0.3) is 5.91 Å². The highest BCUT2D eigenvalue weighted by molar-refractivity contribution is 7.17. The van der Waals surface area contributed by atoms with Crippen LogP contribution in [0.3, 0.4) is 0 Å². The minimum Gasteiger partial charge on any atom is -0.380 e. The van der Waals surface area contributed by atoms with Gasteiger partial charge in [-0.2, -0.15) is 0 Å². The van der Waals surface area contributed by atoms with Gasteiger partial charge < -0.3 is 10.1 Å². The van der Waals surface area contributed by atoms with Crippen LogP contribution in [0.5, 0.6) is 0 Å². The van der Waals surface area contributed by atoms with Crippen LogP contribution in [-0.2, 0) is 17.9 Å². The van der Waals surface area contributed by atoms with Crippen molar-refractivity contribution in [2.45, 2.75) is 20.1 Å². The molecule has 0 fully saturated rings. The molecule has 0 bridgehead atoms. The molecule has 2 heterocycles. The van der Waals surface area contributed by atoms with Crippen molar-refractivity contribution in [1.82, 2.24) is 15.3 Å². The molecular weight excluding hydrogens is 334 g/mol. The van der Waals surface area contributed by atoms with E-state index in [0.717, 1.165) is 21.8 Å². The van der Waals surface area contributed by atoms with Gasteiger partial charge >= 0.3 is 0 Å². The Kier molecular flexibility index (Phi) is 5.53. The van der Waals surface area contributed by atoms with Crippen LogP contribution in [0, 0.1) is 6.92 Å². The fourth-order valence-electron chi connectivity index (χ4n) is 2.49. The molecule has 0 spiro atoms. The maximum atomic E-state index is 12.6. The Labute approximate surface area is 150 Å². The maximum absolute atomic E-state index is 12.6. The van der Waals surface area contributed by atoms with Crippen LogP contribution in [0.1, 0.15) is 26.5 Å². The minimum absolute atomic E-state index is 0.121. The quantitative estimate of drug-likeness (QED) is 0.735. The van der Waals surface area contributed by atoms with E-state index in [-0.39, 0.29) is 5.91 Å².